The Labute approximate surface area is 144 Å². The molecular formula is C18H34P4. The van der Waals surface area contributed by atoms with Crippen LogP contribution in [-0.4, -0.2) is 53.3 Å². The summed E-state index contributed by atoms with van der Waals surface area (Å²) in [5, 5.41) is 0. The summed E-state index contributed by atoms with van der Waals surface area (Å²) in [7, 11) is 0.558. The quantitative estimate of drug-likeness (QED) is 0.447. The van der Waals surface area contributed by atoms with Crippen molar-refractivity contribution in [2.75, 3.05) is 53.3 Å². The van der Waals surface area contributed by atoms with E-state index in [4.69, 9.17) is 0 Å². The fourth-order valence-electron chi connectivity index (χ4n) is 2.74. The monoisotopic (exact) mass is 374 g/mol. The minimum absolute atomic E-state index is 0.140. The van der Waals surface area contributed by atoms with E-state index in [1.165, 1.54) is 24.6 Å². The highest BCUT2D eigenvalue weighted by molar-refractivity contribution is 7.56. The molecule has 0 aliphatic heterocycles. The smallest absolute Gasteiger partial charge is 0.00751 e. The Balaban J connectivity index is 3.27. The molecule has 0 bridgehead atoms. The summed E-state index contributed by atoms with van der Waals surface area (Å²) in [5.41, 5.74) is 6.66. The predicted molar refractivity (Wildman–Crippen MR) is 116 cm³/mol. The molecule has 1 aromatic carbocycles. The number of hydrogen-bond donors (Lipinski definition) is 0. The minimum Gasteiger partial charge on any atom is -0.109 e. The Kier molecular flexibility index (Phi) is 9.59. The molecule has 0 spiro atoms. The van der Waals surface area contributed by atoms with Gasteiger partial charge in [0.05, 0.1) is 0 Å². The van der Waals surface area contributed by atoms with Gasteiger partial charge in [0.1, 0.15) is 0 Å². The van der Waals surface area contributed by atoms with Gasteiger partial charge in [-0.1, -0.05) is 12.1 Å². The van der Waals surface area contributed by atoms with Gasteiger partial charge in [-0.15, -0.1) is 31.7 Å². The maximum Gasteiger partial charge on any atom is -0.00751 e. The number of benzene rings is 1. The van der Waals surface area contributed by atoms with E-state index in [1.807, 2.05) is 0 Å². The van der Waals surface area contributed by atoms with Crippen LogP contribution in [0.2, 0.25) is 0 Å². The molecule has 1 aromatic rings. The molecule has 0 amide bonds. The summed E-state index contributed by atoms with van der Waals surface area (Å²) < 4.78 is 0. The van der Waals surface area contributed by atoms with Gasteiger partial charge in [-0.25, -0.2) is 0 Å². The van der Waals surface area contributed by atoms with Crippen LogP contribution in [0.4, 0.5) is 0 Å². The van der Waals surface area contributed by atoms with Crippen LogP contribution in [0.5, 0.6) is 0 Å². The van der Waals surface area contributed by atoms with Gasteiger partial charge in [-0.2, -0.15) is 0 Å². The minimum atomic E-state index is 0.140. The third kappa shape index (κ3) is 7.67. The number of rotatable bonds is 8. The Morgan fingerprint density at radius 2 is 0.636 bits per heavy atom. The predicted octanol–water partition coefficient (Wildman–Crippen LogP) is 6.65. The lowest BCUT2D eigenvalue weighted by Gasteiger charge is -2.21. The van der Waals surface area contributed by atoms with Gasteiger partial charge in [-0.3, -0.25) is 0 Å². The average Bonchev–Trinajstić information content (AvgIpc) is 2.31. The van der Waals surface area contributed by atoms with Crippen LogP contribution in [-0.2, 0) is 24.6 Å². The maximum absolute atomic E-state index is 2.60. The fourth-order valence-corrected chi connectivity index (χ4v) is 6.65. The molecule has 0 aliphatic rings. The molecule has 1 rings (SSSR count). The summed E-state index contributed by atoms with van der Waals surface area (Å²) in [6.45, 7) is 19.3. The van der Waals surface area contributed by atoms with E-state index < -0.39 is 0 Å². The van der Waals surface area contributed by atoms with Crippen molar-refractivity contribution >= 4 is 31.7 Å². The zero-order valence-corrected chi connectivity index (χ0v) is 19.3. The van der Waals surface area contributed by atoms with Crippen LogP contribution < -0.4 is 0 Å². The first-order valence-electron chi connectivity index (χ1n) is 7.91. The van der Waals surface area contributed by atoms with Gasteiger partial charge < -0.3 is 0 Å². The second-order valence-corrected chi connectivity index (χ2v) is 17.2. The molecule has 4 heteroatoms. The van der Waals surface area contributed by atoms with Crippen molar-refractivity contribution in [1.82, 2.24) is 0 Å². The van der Waals surface area contributed by atoms with Crippen molar-refractivity contribution in [1.29, 1.82) is 0 Å². The van der Waals surface area contributed by atoms with Gasteiger partial charge in [0.25, 0.3) is 0 Å². The normalized spacial score (nSPS) is 12.2. The van der Waals surface area contributed by atoms with Gasteiger partial charge in [0, 0.05) is 0 Å². The van der Waals surface area contributed by atoms with Gasteiger partial charge in [0.2, 0.25) is 0 Å². The van der Waals surface area contributed by atoms with Crippen molar-refractivity contribution in [3.63, 3.8) is 0 Å². The SMILES string of the molecule is CP(C)Cc1cc(CP(C)C)c(CP(C)C)cc1CP(C)C. The zero-order valence-electron chi connectivity index (χ0n) is 15.8. The van der Waals surface area contributed by atoms with Crippen LogP contribution in [0.15, 0.2) is 12.1 Å². The molecule has 0 radical (unpaired) electrons. The largest absolute Gasteiger partial charge is 0.109 e. The topological polar surface area (TPSA) is 0 Å². The van der Waals surface area contributed by atoms with Crippen molar-refractivity contribution < 1.29 is 0 Å². The molecule has 0 aromatic heterocycles. The summed E-state index contributed by atoms with van der Waals surface area (Å²) in [4.78, 5) is 0. The third-order valence-electron chi connectivity index (χ3n) is 3.47. The standard InChI is InChI=1S/C18H34P4/c1-19(2)11-15-9-17(13-21(5)6)18(14-22(7)8)10-16(15)12-20(3)4/h9-10H,11-14H2,1-8H3. The van der Waals surface area contributed by atoms with Crippen LogP contribution in [0.25, 0.3) is 0 Å². The van der Waals surface area contributed by atoms with E-state index in [0.717, 1.165) is 0 Å². The molecule has 0 saturated carbocycles. The first-order chi connectivity index (χ1) is 10.2. The maximum atomic E-state index is 2.60. The Morgan fingerprint density at radius 1 is 0.455 bits per heavy atom. The van der Waals surface area contributed by atoms with E-state index in [-0.39, 0.29) is 31.7 Å². The molecule has 22 heavy (non-hydrogen) atoms. The highest BCUT2D eigenvalue weighted by Gasteiger charge is 2.14. The molecule has 0 atom stereocenters. The molecule has 0 heterocycles. The second-order valence-electron chi connectivity index (χ2n) is 7.34. The summed E-state index contributed by atoms with van der Waals surface area (Å²) in [6.07, 6.45) is 5.22. The molecule has 0 aliphatic carbocycles. The lowest BCUT2D eigenvalue weighted by Crippen LogP contribution is -2.01. The lowest BCUT2D eigenvalue weighted by atomic mass is 10.0. The molecule has 0 nitrogen and oxygen atoms in total. The molecule has 0 fully saturated rings. The highest BCUT2D eigenvalue weighted by Crippen LogP contribution is 2.42. The van der Waals surface area contributed by atoms with Crippen LogP contribution in [0, 0.1) is 0 Å². The van der Waals surface area contributed by atoms with E-state index in [9.17, 15) is 0 Å². The molecule has 0 saturated heterocycles. The Hall–Kier alpha value is 0.940. The summed E-state index contributed by atoms with van der Waals surface area (Å²) in [6, 6.07) is 5.21. The zero-order chi connectivity index (χ0) is 16.9. The van der Waals surface area contributed by atoms with Crippen LogP contribution in [0.1, 0.15) is 22.3 Å². The first-order valence-corrected chi connectivity index (χ1v) is 17.6. The van der Waals surface area contributed by atoms with E-state index in [0.29, 0.717) is 0 Å². The van der Waals surface area contributed by atoms with Crippen molar-refractivity contribution in [3.05, 3.63) is 34.4 Å². The van der Waals surface area contributed by atoms with Crippen LogP contribution >= 0.6 is 31.7 Å². The van der Waals surface area contributed by atoms with E-state index in [2.05, 4.69) is 65.5 Å². The summed E-state index contributed by atoms with van der Waals surface area (Å²) in [5.74, 6) is 0. The van der Waals surface area contributed by atoms with Gasteiger partial charge >= 0.3 is 0 Å². The van der Waals surface area contributed by atoms with E-state index >= 15 is 0 Å². The Bertz CT molecular complexity index is 382. The molecule has 126 valence electrons. The molecule has 0 N–H and O–H groups in total. The fraction of sp³-hybridized carbons (Fsp3) is 0.667. The van der Waals surface area contributed by atoms with Crippen molar-refractivity contribution in [3.8, 4) is 0 Å². The van der Waals surface area contributed by atoms with Gasteiger partial charge in [-0.05, 0) is 100 Å². The van der Waals surface area contributed by atoms with E-state index in [1.54, 1.807) is 22.3 Å². The number of hydrogen-bond acceptors (Lipinski definition) is 0. The lowest BCUT2D eigenvalue weighted by molar-refractivity contribution is 1.17. The second kappa shape index (κ2) is 10.0. The third-order valence-corrected chi connectivity index (χ3v) is 7.36. The van der Waals surface area contributed by atoms with Crippen LogP contribution in [0.3, 0.4) is 0 Å². The van der Waals surface area contributed by atoms with Crippen molar-refractivity contribution in [2.24, 2.45) is 0 Å². The molecular weight excluding hydrogens is 340 g/mol. The summed E-state index contributed by atoms with van der Waals surface area (Å²) >= 11 is 0. The van der Waals surface area contributed by atoms with Gasteiger partial charge in [0.15, 0.2) is 0 Å². The Morgan fingerprint density at radius 3 is 0.773 bits per heavy atom. The average molecular weight is 374 g/mol. The highest BCUT2D eigenvalue weighted by atomic mass is 31.1. The first kappa shape index (κ1) is 21.0. The molecule has 0 unspecified atom stereocenters. The van der Waals surface area contributed by atoms with Crippen molar-refractivity contribution in [2.45, 2.75) is 24.6 Å².